The number of carboxylic acid groups (broad SMARTS) is 1. The molecule has 0 aromatic rings. The van der Waals surface area contributed by atoms with E-state index in [2.05, 4.69) is 111 Å². The number of esters is 2. The van der Waals surface area contributed by atoms with Crippen LogP contribution in [0.3, 0.4) is 0 Å². The minimum Gasteiger partial charge on any atom is -0.545 e. The highest BCUT2D eigenvalue weighted by molar-refractivity contribution is 5.70. The number of allylic oxidation sites excluding steroid dienone is 16. The molecule has 0 aromatic heterocycles. The molecular weight excluding hydrogens is 1170 g/mol. The maximum absolute atomic E-state index is 13.0. The number of likely N-dealkylation sites (N-methyl/N-ethyl adjacent to an activating group) is 1. The highest BCUT2D eigenvalue weighted by atomic mass is 16.7. The molecule has 2 atom stereocenters. The van der Waals surface area contributed by atoms with E-state index >= 15 is 0 Å². The highest BCUT2D eigenvalue weighted by Gasteiger charge is 2.22. The molecule has 0 aliphatic carbocycles. The summed E-state index contributed by atoms with van der Waals surface area (Å²) in [6.07, 6.45) is 102. The summed E-state index contributed by atoms with van der Waals surface area (Å²) in [6, 6.07) is 0. The fraction of sp³-hybridized carbons (Fsp3) is 0.779. The average Bonchev–Trinajstić information content (AvgIpc) is 2.92. The lowest BCUT2D eigenvalue weighted by atomic mass is 10.0. The van der Waals surface area contributed by atoms with Gasteiger partial charge in [0.05, 0.1) is 40.3 Å². The summed E-state index contributed by atoms with van der Waals surface area (Å²) in [5.74, 6) is -2.26. The fourth-order valence-electron chi connectivity index (χ4n) is 11.7. The number of carboxylic acids is 1. The Balaban J connectivity index is 4.02. The number of hydrogen-bond acceptors (Lipinski definition) is 8. The largest absolute Gasteiger partial charge is 0.545 e. The van der Waals surface area contributed by atoms with Gasteiger partial charge in [-0.15, -0.1) is 0 Å². The van der Waals surface area contributed by atoms with Crippen molar-refractivity contribution in [1.82, 2.24) is 0 Å². The molecule has 95 heavy (non-hydrogen) atoms. The second kappa shape index (κ2) is 76.0. The Hall–Kier alpha value is -3.79. The fourth-order valence-corrected chi connectivity index (χ4v) is 11.7. The summed E-state index contributed by atoms with van der Waals surface area (Å²) in [4.78, 5) is 37.6. The van der Waals surface area contributed by atoms with Crippen LogP contribution < -0.4 is 5.11 Å². The number of nitrogens with zero attached hydrogens (tertiary/aromatic N) is 1. The van der Waals surface area contributed by atoms with Gasteiger partial charge < -0.3 is 33.3 Å². The van der Waals surface area contributed by atoms with E-state index in [0.717, 1.165) is 89.9 Å². The van der Waals surface area contributed by atoms with Crippen LogP contribution in [0, 0.1) is 0 Å². The van der Waals surface area contributed by atoms with E-state index in [1.807, 2.05) is 21.1 Å². The Morgan fingerprint density at radius 3 is 0.895 bits per heavy atom. The number of unbranched alkanes of at least 4 members (excludes halogenated alkanes) is 44. The standard InChI is InChI=1S/C86H153NO8/c1-6-8-10-12-14-16-18-20-22-24-26-28-30-32-34-36-38-39-40-41-42-43-44-45-47-49-51-53-55-57-59-61-63-65-67-69-71-73-75-77-84(89)95-82(81-94-86(85(90)91)92-79-78-87(3,4)5)80-93-83(88)76-74-72-70-68-66-64-62-60-58-56-54-52-50-48-46-37-35-33-31-29-27-25-23-21-19-17-15-13-11-9-7-2/h8,10,14,16,20,22,26,28,32,34,38-39,41-42,44-45,82,86H,6-7,9,11-13,15,17-19,21,23-25,27,29-31,33,35-37,40,43,46-81H2,1-5H3/b10-8-,16-14-,22-20-,28-26-,34-32-,39-38-,42-41-,45-44-. The molecule has 0 heterocycles. The van der Waals surface area contributed by atoms with Crippen molar-refractivity contribution in [2.24, 2.45) is 0 Å². The van der Waals surface area contributed by atoms with Crippen molar-refractivity contribution in [3.8, 4) is 0 Å². The Morgan fingerprint density at radius 2 is 0.600 bits per heavy atom. The van der Waals surface area contributed by atoms with Crippen LogP contribution in [0.15, 0.2) is 97.2 Å². The van der Waals surface area contributed by atoms with Crippen LogP contribution in [0.25, 0.3) is 0 Å². The summed E-state index contributed by atoms with van der Waals surface area (Å²) in [7, 11) is 5.94. The number of carbonyl (C=O) groups excluding carboxylic acids is 3. The monoisotopic (exact) mass is 1330 g/mol. The molecule has 2 unspecified atom stereocenters. The third kappa shape index (κ3) is 77.4. The van der Waals surface area contributed by atoms with Crippen LogP contribution in [0.1, 0.15) is 373 Å². The summed E-state index contributed by atoms with van der Waals surface area (Å²) in [5.41, 5.74) is 0. The summed E-state index contributed by atoms with van der Waals surface area (Å²) in [6.45, 7) is 4.69. The zero-order valence-electron chi connectivity index (χ0n) is 63.0. The molecule has 0 saturated carbocycles. The van der Waals surface area contributed by atoms with Crippen LogP contribution >= 0.6 is 0 Å². The average molecular weight is 1330 g/mol. The molecule has 0 aromatic carbocycles. The van der Waals surface area contributed by atoms with Crippen LogP contribution in [-0.2, 0) is 33.3 Å². The lowest BCUT2D eigenvalue weighted by Gasteiger charge is -2.26. The first-order chi connectivity index (χ1) is 46.6. The predicted molar refractivity (Wildman–Crippen MR) is 407 cm³/mol. The van der Waals surface area contributed by atoms with Gasteiger partial charge in [0.25, 0.3) is 0 Å². The number of ether oxygens (including phenoxy) is 4. The molecule has 0 fully saturated rings. The topological polar surface area (TPSA) is 111 Å². The summed E-state index contributed by atoms with van der Waals surface area (Å²) < 4.78 is 22.9. The van der Waals surface area contributed by atoms with Gasteiger partial charge in [-0.1, -0.05) is 381 Å². The second-order valence-corrected chi connectivity index (χ2v) is 28.3. The number of hydrogen-bond donors (Lipinski definition) is 0. The Labute approximate surface area is 588 Å². The zero-order valence-corrected chi connectivity index (χ0v) is 63.0. The predicted octanol–water partition coefficient (Wildman–Crippen LogP) is 24.6. The lowest BCUT2D eigenvalue weighted by Crippen LogP contribution is -2.44. The summed E-state index contributed by atoms with van der Waals surface area (Å²) in [5, 5.41) is 11.9. The van der Waals surface area contributed by atoms with Gasteiger partial charge in [0.15, 0.2) is 12.4 Å². The molecule has 550 valence electrons. The lowest BCUT2D eigenvalue weighted by molar-refractivity contribution is -0.870. The number of rotatable bonds is 75. The molecule has 0 spiro atoms. The molecule has 0 radical (unpaired) electrons. The highest BCUT2D eigenvalue weighted by Crippen LogP contribution is 2.19. The van der Waals surface area contributed by atoms with E-state index in [4.69, 9.17) is 18.9 Å². The Kier molecular flexibility index (Phi) is 72.9. The van der Waals surface area contributed by atoms with Crippen LogP contribution in [0.4, 0.5) is 0 Å². The van der Waals surface area contributed by atoms with Crippen molar-refractivity contribution in [2.75, 3.05) is 47.5 Å². The molecule has 0 bridgehead atoms. The first kappa shape index (κ1) is 91.2. The van der Waals surface area contributed by atoms with Crippen LogP contribution in [-0.4, -0.2) is 82.3 Å². The van der Waals surface area contributed by atoms with Crippen molar-refractivity contribution in [3.63, 3.8) is 0 Å². The molecule has 0 aliphatic rings. The minimum absolute atomic E-state index is 0.147. The third-order valence-electron chi connectivity index (χ3n) is 17.8. The Bertz CT molecular complexity index is 1890. The van der Waals surface area contributed by atoms with E-state index in [1.54, 1.807) is 0 Å². The van der Waals surface area contributed by atoms with Gasteiger partial charge in [-0.25, -0.2) is 0 Å². The van der Waals surface area contributed by atoms with Gasteiger partial charge >= 0.3 is 11.9 Å². The van der Waals surface area contributed by atoms with E-state index in [-0.39, 0.29) is 32.2 Å². The second-order valence-electron chi connectivity index (χ2n) is 28.3. The van der Waals surface area contributed by atoms with E-state index in [9.17, 15) is 19.5 Å². The van der Waals surface area contributed by atoms with Crippen molar-refractivity contribution < 1.29 is 42.9 Å². The van der Waals surface area contributed by atoms with Gasteiger partial charge in [0, 0.05) is 12.8 Å². The minimum atomic E-state index is -1.62. The smallest absolute Gasteiger partial charge is 0.306 e. The maximum Gasteiger partial charge on any atom is 0.306 e. The third-order valence-corrected chi connectivity index (χ3v) is 17.8. The van der Waals surface area contributed by atoms with E-state index < -0.39 is 24.3 Å². The maximum atomic E-state index is 13.0. The zero-order chi connectivity index (χ0) is 69.0. The van der Waals surface area contributed by atoms with Crippen molar-refractivity contribution in [1.29, 1.82) is 0 Å². The molecule has 0 rings (SSSR count). The number of quaternary nitrogens is 1. The van der Waals surface area contributed by atoms with E-state index in [1.165, 1.54) is 250 Å². The van der Waals surface area contributed by atoms with Gasteiger partial charge in [-0.2, -0.15) is 0 Å². The molecule has 0 amide bonds. The first-order valence-corrected chi connectivity index (χ1v) is 40.4. The van der Waals surface area contributed by atoms with Crippen molar-refractivity contribution in [3.05, 3.63) is 97.2 Å². The van der Waals surface area contributed by atoms with Gasteiger partial charge in [-0.3, -0.25) is 9.59 Å². The van der Waals surface area contributed by atoms with Crippen LogP contribution in [0.5, 0.6) is 0 Å². The molecule has 0 saturated heterocycles. The summed E-state index contributed by atoms with van der Waals surface area (Å²) >= 11 is 0. The molecule has 0 N–H and O–H groups in total. The number of carbonyl (C=O) groups is 3. The normalized spacial score (nSPS) is 13.1. The number of aliphatic carboxylic acids is 1. The van der Waals surface area contributed by atoms with Crippen molar-refractivity contribution >= 4 is 17.9 Å². The molecule has 9 heteroatoms. The molecule has 9 nitrogen and oxygen atoms in total. The van der Waals surface area contributed by atoms with Gasteiger partial charge in [0.1, 0.15) is 13.2 Å². The van der Waals surface area contributed by atoms with Gasteiger partial charge in [0.2, 0.25) is 0 Å². The molecular formula is C86H153NO8. The first-order valence-electron chi connectivity index (χ1n) is 40.4. The molecule has 0 aliphatic heterocycles. The van der Waals surface area contributed by atoms with Crippen molar-refractivity contribution in [2.45, 2.75) is 386 Å². The van der Waals surface area contributed by atoms with Crippen LogP contribution in [0.2, 0.25) is 0 Å². The van der Waals surface area contributed by atoms with Gasteiger partial charge in [-0.05, 0) is 77.0 Å². The Morgan fingerprint density at radius 1 is 0.326 bits per heavy atom. The quantitative estimate of drug-likeness (QED) is 0.0195. The van der Waals surface area contributed by atoms with E-state index in [0.29, 0.717) is 23.9 Å². The SMILES string of the molecule is CC/C=C\C/C=C\C/C=C\C/C=C\C/C=C\C/C=C\C/C=C\C/C=C\CCCCCCCCCCCCCCCCC(=O)OC(COC(=O)CCCCCCCCCCCCCCCCCCCCCCCCCCCCCCCCC)COC(OCC[N+](C)(C)C)C(=O)[O-].